The Morgan fingerprint density at radius 2 is 1.79 bits per heavy atom. The summed E-state index contributed by atoms with van der Waals surface area (Å²) in [4.78, 5) is 24.1. The zero-order valence-corrected chi connectivity index (χ0v) is 9.00. The number of ether oxygens (including phenoxy) is 1. The van der Waals surface area contributed by atoms with Gasteiger partial charge in [-0.05, 0) is 13.8 Å². The molecule has 0 saturated heterocycles. The Morgan fingerprint density at radius 1 is 1.29 bits per heavy atom. The van der Waals surface area contributed by atoms with Crippen LogP contribution in [-0.4, -0.2) is 37.0 Å². The monoisotopic (exact) mass is 199 g/mol. The Bertz CT molecular complexity index is 232. The van der Waals surface area contributed by atoms with Crippen LogP contribution < -0.4 is 0 Å². The Labute approximate surface area is 84.5 Å². The Kier molecular flexibility index (Phi) is 5.60. The third kappa shape index (κ3) is 3.60. The van der Waals surface area contributed by atoms with E-state index in [1.807, 2.05) is 13.8 Å². The minimum absolute atomic E-state index is 0.0359. The van der Waals surface area contributed by atoms with Crippen LogP contribution in [0.15, 0.2) is 12.2 Å². The highest BCUT2D eigenvalue weighted by atomic mass is 16.5. The van der Waals surface area contributed by atoms with E-state index in [0.717, 1.165) is 0 Å². The number of likely N-dealkylation sites (N-methyl/N-ethyl adjacent to an activating group) is 1. The lowest BCUT2D eigenvalue weighted by molar-refractivity contribution is -0.141. The van der Waals surface area contributed by atoms with E-state index in [9.17, 15) is 9.59 Å². The van der Waals surface area contributed by atoms with Crippen molar-refractivity contribution in [2.75, 3.05) is 20.2 Å². The van der Waals surface area contributed by atoms with Gasteiger partial charge in [-0.2, -0.15) is 0 Å². The molecule has 0 aliphatic heterocycles. The summed E-state index contributed by atoms with van der Waals surface area (Å²) in [6.07, 6.45) is -0.0359. The molecule has 0 bridgehead atoms. The molecule has 0 radical (unpaired) electrons. The molecule has 0 atom stereocenters. The molecule has 0 spiro atoms. The minimum Gasteiger partial charge on any atom is -0.469 e. The van der Waals surface area contributed by atoms with E-state index in [1.165, 1.54) is 7.11 Å². The van der Waals surface area contributed by atoms with Gasteiger partial charge >= 0.3 is 5.97 Å². The fourth-order valence-electron chi connectivity index (χ4n) is 1.06. The van der Waals surface area contributed by atoms with Gasteiger partial charge in [0.25, 0.3) is 0 Å². The molecule has 0 aliphatic rings. The molecule has 0 aromatic rings. The summed E-state index contributed by atoms with van der Waals surface area (Å²) >= 11 is 0. The summed E-state index contributed by atoms with van der Waals surface area (Å²) < 4.78 is 4.45. The van der Waals surface area contributed by atoms with Crippen molar-refractivity contribution in [1.29, 1.82) is 0 Å². The maximum absolute atomic E-state index is 11.6. The lowest BCUT2D eigenvalue weighted by Crippen LogP contribution is -2.32. The molecule has 0 aliphatic carbocycles. The van der Waals surface area contributed by atoms with Crippen LogP contribution in [-0.2, 0) is 14.3 Å². The lowest BCUT2D eigenvalue weighted by atomic mass is 10.2. The molecule has 0 fully saturated rings. The molecule has 4 heteroatoms. The van der Waals surface area contributed by atoms with Gasteiger partial charge in [-0.3, -0.25) is 9.59 Å². The SMILES string of the molecule is C=C(CC(=O)OC)C(=O)N(CC)CC. The highest BCUT2D eigenvalue weighted by Crippen LogP contribution is 2.05. The van der Waals surface area contributed by atoms with Gasteiger partial charge in [0.1, 0.15) is 0 Å². The quantitative estimate of drug-likeness (QED) is 0.489. The summed E-state index contributed by atoms with van der Waals surface area (Å²) in [6, 6.07) is 0. The molecule has 0 rings (SSSR count). The van der Waals surface area contributed by atoms with Crippen LogP contribution in [0, 0.1) is 0 Å². The van der Waals surface area contributed by atoms with Gasteiger partial charge in [0.2, 0.25) is 5.91 Å². The predicted octanol–water partition coefficient (Wildman–Crippen LogP) is 0.974. The molecule has 4 nitrogen and oxygen atoms in total. The first kappa shape index (κ1) is 12.7. The number of rotatable bonds is 5. The van der Waals surface area contributed by atoms with Crippen molar-refractivity contribution in [3.8, 4) is 0 Å². The number of carbonyl (C=O) groups is 2. The number of hydrogen-bond acceptors (Lipinski definition) is 3. The van der Waals surface area contributed by atoms with Crippen molar-refractivity contribution < 1.29 is 14.3 Å². The predicted molar refractivity (Wildman–Crippen MR) is 53.7 cm³/mol. The van der Waals surface area contributed by atoms with Crippen molar-refractivity contribution in [3.63, 3.8) is 0 Å². The Morgan fingerprint density at radius 3 is 2.14 bits per heavy atom. The van der Waals surface area contributed by atoms with E-state index in [4.69, 9.17) is 0 Å². The van der Waals surface area contributed by atoms with Gasteiger partial charge < -0.3 is 9.64 Å². The fourth-order valence-corrected chi connectivity index (χ4v) is 1.06. The van der Waals surface area contributed by atoms with Crippen LogP contribution in [0.3, 0.4) is 0 Å². The van der Waals surface area contributed by atoms with Crippen LogP contribution in [0.25, 0.3) is 0 Å². The molecule has 1 amide bonds. The fraction of sp³-hybridized carbons (Fsp3) is 0.600. The average Bonchev–Trinajstić information content (AvgIpc) is 2.19. The maximum Gasteiger partial charge on any atom is 0.310 e. The second-order valence-corrected chi connectivity index (χ2v) is 2.83. The molecule has 0 unspecified atom stereocenters. The van der Waals surface area contributed by atoms with Crippen LogP contribution >= 0.6 is 0 Å². The number of amides is 1. The molecular formula is C10H17NO3. The normalized spacial score (nSPS) is 9.36. The van der Waals surface area contributed by atoms with E-state index < -0.39 is 5.97 Å². The second-order valence-electron chi connectivity index (χ2n) is 2.83. The second kappa shape index (κ2) is 6.18. The highest BCUT2D eigenvalue weighted by molar-refractivity contribution is 5.97. The van der Waals surface area contributed by atoms with E-state index in [0.29, 0.717) is 13.1 Å². The summed E-state index contributed by atoms with van der Waals surface area (Å²) in [5, 5.41) is 0. The zero-order chi connectivity index (χ0) is 11.1. The maximum atomic E-state index is 11.6. The third-order valence-corrected chi connectivity index (χ3v) is 1.94. The number of hydrogen-bond donors (Lipinski definition) is 0. The largest absolute Gasteiger partial charge is 0.469 e. The Hall–Kier alpha value is -1.32. The van der Waals surface area contributed by atoms with Crippen LogP contribution in [0.2, 0.25) is 0 Å². The van der Waals surface area contributed by atoms with E-state index in [1.54, 1.807) is 4.90 Å². The Balaban J connectivity index is 4.24. The molecule has 0 heterocycles. The standard InChI is InChI=1S/C10H17NO3/c1-5-11(6-2)10(13)8(3)7-9(12)14-4/h3,5-7H2,1-2,4H3. The first-order chi connectivity index (χ1) is 6.56. The van der Waals surface area contributed by atoms with E-state index in [-0.39, 0.29) is 17.9 Å². The van der Waals surface area contributed by atoms with Gasteiger partial charge in [0.05, 0.1) is 13.5 Å². The van der Waals surface area contributed by atoms with Gasteiger partial charge in [-0.1, -0.05) is 6.58 Å². The smallest absolute Gasteiger partial charge is 0.310 e. The van der Waals surface area contributed by atoms with Crippen LogP contribution in [0.1, 0.15) is 20.3 Å². The minimum atomic E-state index is -0.435. The van der Waals surface area contributed by atoms with Gasteiger partial charge in [-0.25, -0.2) is 0 Å². The third-order valence-electron chi connectivity index (χ3n) is 1.94. The average molecular weight is 199 g/mol. The molecule has 0 saturated carbocycles. The van der Waals surface area contributed by atoms with Crippen molar-refractivity contribution in [2.45, 2.75) is 20.3 Å². The first-order valence-corrected chi connectivity index (χ1v) is 4.60. The van der Waals surface area contributed by atoms with Crippen molar-refractivity contribution in [1.82, 2.24) is 4.90 Å². The first-order valence-electron chi connectivity index (χ1n) is 4.60. The topological polar surface area (TPSA) is 46.6 Å². The summed E-state index contributed by atoms with van der Waals surface area (Å²) in [5.74, 6) is -0.615. The lowest BCUT2D eigenvalue weighted by Gasteiger charge is -2.19. The van der Waals surface area contributed by atoms with Gasteiger partial charge in [-0.15, -0.1) is 0 Å². The number of nitrogens with zero attached hydrogens (tertiary/aromatic N) is 1. The van der Waals surface area contributed by atoms with Gasteiger partial charge in [0.15, 0.2) is 0 Å². The molecule has 0 aromatic heterocycles. The van der Waals surface area contributed by atoms with Gasteiger partial charge in [0, 0.05) is 18.7 Å². The van der Waals surface area contributed by atoms with Crippen LogP contribution in [0.5, 0.6) is 0 Å². The summed E-state index contributed by atoms with van der Waals surface area (Å²) in [5.41, 5.74) is 0.278. The zero-order valence-electron chi connectivity index (χ0n) is 9.00. The summed E-state index contributed by atoms with van der Waals surface area (Å²) in [7, 11) is 1.29. The molecule has 14 heavy (non-hydrogen) atoms. The molecular weight excluding hydrogens is 182 g/mol. The van der Waals surface area contributed by atoms with E-state index in [2.05, 4.69) is 11.3 Å². The number of carbonyl (C=O) groups excluding carboxylic acids is 2. The molecule has 0 N–H and O–H groups in total. The van der Waals surface area contributed by atoms with Crippen molar-refractivity contribution >= 4 is 11.9 Å². The molecule has 0 aromatic carbocycles. The highest BCUT2D eigenvalue weighted by Gasteiger charge is 2.16. The summed E-state index contributed by atoms with van der Waals surface area (Å²) in [6.45, 7) is 8.57. The molecule has 80 valence electrons. The van der Waals surface area contributed by atoms with Crippen molar-refractivity contribution in [2.24, 2.45) is 0 Å². The van der Waals surface area contributed by atoms with Crippen LogP contribution in [0.4, 0.5) is 0 Å². The number of esters is 1. The number of methoxy groups -OCH3 is 1. The van der Waals surface area contributed by atoms with E-state index >= 15 is 0 Å². The van der Waals surface area contributed by atoms with Crippen molar-refractivity contribution in [3.05, 3.63) is 12.2 Å².